The van der Waals surface area contributed by atoms with E-state index in [2.05, 4.69) is 9.97 Å². The summed E-state index contributed by atoms with van der Waals surface area (Å²) < 4.78 is 0. The minimum atomic E-state index is -0.0138. The quantitative estimate of drug-likeness (QED) is 0.779. The Balaban J connectivity index is 2.12. The zero-order valence-electron chi connectivity index (χ0n) is 8.61. The summed E-state index contributed by atoms with van der Waals surface area (Å²) in [6, 6.07) is -0.0138. The van der Waals surface area contributed by atoms with Gasteiger partial charge in [0.25, 0.3) is 0 Å². The lowest BCUT2D eigenvalue weighted by molar-refractivity contribution is 0.680. The van der Waals surface area contributed by atoms with Gasteiger partial charge in [-0.15, -0.1) is 0 Å². The highest BCUT2D eigenvalue weighted by Crippen LogP contribution is 2.32. The molecular weight excluding hydrogens is 174 g/mol. The highest BCUT2D eigenvalue weighted by molar-refractivity contribution is 5.10. The zero-order valence-corrected chi connectivity index (χ0v) is 8.61. The van der Waals surface area contributed by atoms with Crippen LogP contribution in [0, 0.1) is 0 Å². The Hall–Kier alpha value is -0.960. The lowest BCUT2D eigenvalue weighted by Gasteiger charge is -2.09. The molecule has 1 aromatic rings. The van der Waals surface area contributed by atoms with Crippen LogP contribution < -0.4 is 5.73 Å². The lowest BCUT2D eigenvalue weighted by Crippen LogP contribution is -2.09. The molecule has 1 heterocycles. The van der Waals surface area contributed by atoms with Gasteiger partial charge in [-0.05, 0) is 19.8 Å². The summed E-state index contributed by atoms with van der Waals surface area (Å²) in [5.74, 6) is 0.643. The van der Waals surface area contributed by atoms with E-state index in [-0.39, 0.29) is 6.04 Å². The van der Waals surface area contributed by atoms with E-state index in [4.69, 9.17) is 5.73 Å². The summed E-state index contributed by atoms with van der Waals surface area (Å²) in [6.07, 6.45) is 8.92. The first-order valence-electron chi connectivity index (χ1n) is 5.35. The smallest absolute Gasteiger partial charge is 0.0751 e. The molecule has 0 aliphatic heterocycles. The van der Waals surface area contributed by atoms with E-state index in [1.54, 1.807) is 0 Å². The standard InChI is InChI=1S/C11H17N3/c1-8(12)10-6-14-11(7-13-10)9-4-2-3-5-9/h6-9H,2-5,12H2,1H3. The Morgan fingerprint density at radius 3 is 2.50 bits per heavy atom. The largest absolute Gasteiger partial charge is 0.323 e. The Morgan fingerprint density at radius 2 is 2.00 bits per heavy atom. The van der Waals surface area contributed by atoms with Gasteiger partial charge in [0, 0.05) is 18.2 Å². The summed E-state index contributed by atoms with van der Waals surface area (Å²) in [4.78, 5) is 8.77. The monoisotopic (exact) mass is 191 g/mol. The minimum absolute atomic E-state index is 0.0138. The van der Waals surface area contributed by atoms with Crippen molar-refractivity contribution in [1.82, 2.24) is 9.97 Å². The normalized spacial score (nSPS) is 19.9. The van der Waals surface area contributed by atoms with E-state index < -0.39 is 0 Å². The summed E-state index contributed by atoms with van der Waals surface area (Å²) in [5, 5.41) is 0. The molecule has 1 aromatic heterocycles. The molecule has 2 rings (SSSR count). The summed E-state index contributed by atoms with van der Waals surface area (Å²) in [7, 11) is 0. The van der Waals surface area contributed by atoms with Crippen LogP contribution in [0.5, 0.6) is 0 Å². The van der Waals surface area contributed by atoms with Gasteiger partial charge in [0.15, 0.2) is 0 Å². The third-order valence-corrected chi connectivity index (χ3v) is 2.93. The summed E-state index contributed by atoms with van der Waals surface area (Å²) in [5.41, 5.74) is 7.74. The van der Waals surface area contributed by atoms with Crippen LogP contribution in [0.25, 0.3) is 0 Å². The van der Waals surface area contributed by atoms with E-state index in [0.29, 0.717) is 5.92 Å². The third-order valence-electron chi connectivity index (χ3n) is 2.93. The van der Waals surface area contributed by atoms with Gasteiger partial charge in [-0.3, -0.25) is 9.97 Å². The van der Waals surface area contributed by atoms with Gasteiger partial charge in [0.05, 0.1) is 17.6 Å². The van der Waals surface area contributed by atoms with Crippen LogP contribution in [0.1, 0.15) is 56.0 Å². The Morgan fingerprint density at radius 1 is 1.29 bits per heavy atom. The van der Waals surface area contributed by atoms with Gasteiger partial charge in [-0.1, -0.05) is 12.8 Å². The van der Waals surface area contributed by atoms with Gasteiger partial charge in [0.1, 0.15) is 0 Å². The van der Waals surface area contributed by atoms with Gasteiger partial charge >= 0.3 is 0 Å². The molecule has 1 aliphatic carbocycles. The Labute approximate surface area is 84.8 Å². The zero-order chi connectivity index (χ0) is 9.97. The number of hydrogen-bond acceptors (Lipinski definition) is 3. The predicted molar refractivity (Wildman–Crippen MR) is 55.8 cm³/mol. The summed E-state index contributed by atoms with van der Waals surface area (Å²) in [6.45, 7) is 1.93. The number of nitrogens with zero attached hydrogens (tertiary/aromatic N) is 2. The molecular formula is C11H17N3. The first kappa shape index (κ1) is 9.59. The average molecular weight is 191 g/mol. The fraction of sp³-hybridized carbons (Fsp3) is 0.636. The van der Waals surface area contributed by atoms with Crippen molar-refractivity contribution in [2.75, 3.05) is 0 Å². The first-order valence-corrected chi connectivity index (χ1v) is 5.35. The molecule has 0 saturated heterocycles. The van der Waals surface area contributed by atoms with Crippen LogP contribution in [0.15, 0.2) is 12.4 Å². The van der Waals surface area contributed by atoms with Crippen LogP contribution in [-0.2, 0) is 0 Å². The van der Waals surface area contributed by atoms with Gasteiger partial charge in [0.2, 0.25) is 0 Å². The maximum Gasteiger partial charge on any atom is 0.0751 e. The Bertz CT molecular complexity index is 286. The molecule has 14 heavy (non-hydrogen) atoms. The Kier molecular flexibility index (Phi) is 2.77. The van der Waals surface area contributed by atoms with Gasteiger partial charge in [-0.2, -0.15) is 0 Å². The van der Waals surface area contributed by atoms with Crippen molar-refractivity contribution in [2.45, 2.75) is 44.6 Å². The average Bonchev–Trinajstić information content (AvgIpc) is 2.71. The van der Waals surface area contributed by atoms with Crippen molar-refractivity contribution in [2.24, 2.45) is 5.73 Å². The molecule has 76 valence electrons. The molecule has 0 spiro atoms. The van der Waals surface area contributed by atoms with Crippen molar-refractivity contribution in [3.8, 4) is 0 Å². The lowest BCUT2D eigenvalue weighted by atomic mass is 10.0. The second kappa shape index (κ2) is 4.05. The molecule has 0 bridgehead atoms. The van der Waals surface area contributed by atoms with Crippen LogP contribution >= 0.6 is 0 Å². The topological polar surface area (TPSA) is 51.8 Å². The molecule has 1 unspecified atom stereocenters. The van der Waals surface area contributed by atoms with Gasteiger partial charge < -0.3 is 5.73 Å². The number of hydrogen-bond donors (Lipinski definition) is 1. The van der Waals surface area contributed by atoms with Crippen molar-refractivity contribution >= 4 is 0 Å². The van der Waals surface area contributed by atoms with E-state index in [1.165, 1.54) is 25.7 Å². The SMILES string of the molecule is CC(N)c1cnc(C2CCCC2)cn1. The maximum absolute atomic E-state index is 5.71. The molecule has 1 fully saturated rings. The molecule has 3 heteroatoms. The molecule has 0 radical (unpaired) electrons. The van der Waals surface area contributed by atoms with E-state index in [1.807, 2.05) is 19.3 Å². The molecule has 3 nitrogen and oxygen atoms in total. The predicted octanol–water partition coefficient (Wildman–Crippen LogP) is 2.15. The third kappa shape index (κ3) is 1.93. The molecule has 0 amide bonds. The van der Waals surface area contributed by atoms with E-state index in [0.717, 1.165) is 11.4 Å². The van der Waals surface area contributed by atoms with Crippen molar-refractivity contribution in [1.29, 1.82) is 0 Å². The van der Waals surface area contributed by atoms with Crippen molar-refractivity contribution < 1.29 is 0 Å². The molecule has 0 aromatic carbocycles. The van der Waals surface area contributed by atoms with Crippen LogP contribution in [0.4, 0.5) is 0 Å². The molecule has 2 N–H and O–H groups in total. The first-order chi connectivity index (χ1) is 6.77. The summed E-state index contributed by atoms with van der Waals surface area (Å²) >= 11 is 0. The van der Waals surface area contributed by atoms with Crippen molar-refractivity contribution in [3.05, 3.63) is 23.8 Å². The molecule has 1 saturated carbocycles. The van der Waals surface area contributed by atoms with Crippen LogP contribution in [0.3, 0.4) is 0 Å². The maximum atomic E-state index is 5.71. The number of rotatable bonds is 2. The fourth-order valence-corrected chi connectivity index (χ4v) is 2.02. The number of aromatic nitrogens is 2. The second-order valence-corrected chi connectivity index (χ2v) is 4.14. The molecule has 1 aliphatic rings. The molecule has 1 atom stereocenters. The highest BCUT2D eigenvalue weighted by Gasteiger charge is 2.18. The van der Waals surface area contributed by atoms with Gasteiger partial charge in [-0.25, -0.2) is 0 Å². The fourth-order valence-electron chi connectivity index (χ4n) is 2.02. The van der Waals surface area contributed by atoms with Crippen LogP contribution in [-0.4, -0.2) is 9.97 Å². The second-order valence-electron chi connectivity index (χ2n) is 4.14. The van der Waals surface area contributed by atoms with Crippen molar-refractivity contribution in [3.63, 3.8) is 0 Å². The van der Waals surface area contributed by atoms with Crippen LogP contribution in [0.2, 0.25) is 0 Å². The minimum Gasteiger partial charge on any atom is -0.323 e. The van der Waals surface area contributed by atoms with E-state index >= 15 is 0 Å². The number of nitrogens with two attached hydrogens (primary N) is 1. The highest BCUT2D eigenvalue weighted by atomic mass is 14.8. The van der Waals surface area contributed by atoms with E-state index in [9.17, 15) is 0 Å².